The first-order valence-electron chi connectivity index (χ1n) is 7.42. The fourth-order valence-corrected chi connectivity index (χ4v) is 2.25. The molecule has 5 nitrogen and oxygen atoms in total. The molecule has 0 bridgehead atoms. The van der Waals surface area contributed by atoms with Crippen LogP contribution in [0.4, 0.5) is 0 Å². The van der Waals surface area contributed by atoms with Gasteiger partial charge in [0.05, 0.1) is 17.8 Å². The van der Waals surface area contributed by atoms with Gasteiger partial charge in [0.15, 0.2) is 0 Å². The van der Waals surface area contributed by atoms with E-state index in [2.05, 4.69) is 0 Å². The van der Waals surface area contributed by atoms with Crippen molar-refractivity contribution in [3.63, 3.8) is 0 Å². The number of carbonyl (C=O) groups is 2. The van der Waals surface area contributed by atoms with E-state index in [0.29, 0.717) is 18.6 Å². The van der Waals surface area contributed by atoms with E-state index >= 15 is 0 Å². The van der Waals surface area contributed by atoms with E-state index in [-0.39, 0.29) is 17.5 Å². The smallest absolute Gasteiger partial charge is 0.335 e. The van der Waals surface area contributed by atoms with Crippen LogP contribution in [0.15, 0.2) is 24.3 Å². The Hall–Kier alpha value is -1.88. The Morgan fingerprint density at radius 2 is 1.86 bits per heavy atom. The minimum atomic E-state index is -1.00. The summed E-state index contributed by atoms with van der Waals surface area (Å²) >= 11 is 0. The molecule has 0 aromatic heterocycles. The van der Waals surface area contributed by atoms with Crippen molar-refractivity contribution in [2.45, 2.75) is 45.6 Å². The summed E-state index contributed by atoms with van der Waals surface area (Å²) in [5.41, 5.74) is -0.0993. The van der Waals surface area contributed by atoms with Crippen molar-refractivity contribution in [2.75, 3.05) is 6.61 Å². The zero-order chi connectivity index (χ0) is 16.8. The lowest BCUT2D eigenvalue weighted by atomic mass is 9.88. The van der Waals surface area contributed by atoms with Crippen LogP contribution in [-0.2, 0) is 15.1 Å². The Labute approximate surface area is 130 Å². The predicted octanol–water partition coefficient (Wildman–Crippen LogP) is 2.96. The highest BCUT2D eigenvalue weighted by Crippen LogP contribution is 2.27. The van der Waals surface area contributed by atoms with Gasteiger partial charge in [0.1, 0.15) is 0 Å². The molecule has 2 unspecified atom stereocenters. The molecule has 1 rings (SSSR count). The van der Waals surface area contributed by atoms with E-state index in [4.69, 9.17) is 9.84 Å². The summed E-state index contributed by atoms with van der Waals surface area (Å²) in [6, 6.07) is 6.28. The molecule has 0 fully saturated rings. The van der Waals surface area contributed by atoms with Crippen LogP contribution in [0.5, 0.6) is 0 Å². The van der Waals surface area contributed by atoms with Gasteiger partial charge in [-0.15, -0.1) is 0 Å². The van der Waals surface area contributed by atoms with Crippen molar-refractivity contribution in [3.8, 4) is 0 Å². The largest absolute Gasteiger partial charge is 0.478 e. The van der Waals surface area contributed by atoms with Gasteiger partial charge >= 0.3 is 11.9 Å². The molecule has 5 heteroatoms. The number of aromatic carboxylic acids is 1. The fraction of sp³-hybridized carbons (Fsp3) is 0.529. The first kappa shape index (κ1) is 18.2. The maximum absolute atomic E-state index is 10.8. The van der Waals surface area contributed by atoms with Gasteiger partial charge in [-0.1, -0.05) is 19.1 Å². The minimum Gasteiger partial charge on any atom is -0.478 e. The second-order valence-electron chi connectivity index (χ2n) is 5.96. The lowest BCUT2D eigenvalue weighted by molar-refractivity contribution is -0.142. The van der Waals surface area contributed by atoms with Crippen LogP contribution in [0.1, 0.15) is 56.0 Å². The van der Waals surface area contributed by atoms with Crippen LogP contribution in [0, 0.1) is 5.92 Å². The van der Waals surface area contributed by atoms with E-state index in [1.165, 1.54) is 19.1 Å². The van der Waals surface area contributed by atoms with Gasteiger partial charge in [0.25, 0.3) is 0 Å². The molecule has 0 aliphatic carbocycles. The van der Waals surface area contributed by atoms with E-state index in [9.17, 15) is 14.7 Å². The van der Waals surface area contributed by atoms with Crippen molar-refractivity contribution in [1.29, 1.82) is 0 Å². The van der Waals surface area contributed by atoms with Crippen LogP contribution in [0.2, 0.25) is 0 Å². The molecule has 0 heterocycles. The van der Waals surface area contributed by atoms with Crippen LogP contribution < -0.4 is 0 Å². The number of rotatable bonds is 8. The average Bonchev–Trinajstić information content (AvgIpc) is 2.45. The van der Waals surface area contributed by atoms with Crippen LogP contribution in [0.25, 0.3) is 0 Å². The van der Waals surface area contributed by atoms with Gasteiger partial charge < -0.3 is 14.9 Å². The topological polar surface area (TPSA) is 83.8 Å². The summed E-state index contributed by atoms with van der Waals surface area (Å²) < 4.78 is 4.95. The first-order valence-corrected chi connectivity index (χ1v) is 7.42. The third-order valence-electron chi connectivity index (χ3n) is 3.69. The number of carbonyl (C=O) groups excluding carboxylic acids is 1. The highest BCUT2D eigenvalue weighted by molar-refractivity contribution is 5.87. The summed E-state index contributed by atoms with van der Waals surface area (Å²) in [6.45, 7) is 5.50. The Morgan fingerprint density at radius 1 is 1.27 bits per heavy atom. The lowest BCUT2D eigenvalue weighted by Gasteiger charge is -2.24. The van der Waals surface area contributed by atoms with Gasteiger partial charge in [0.2, 0.25) is 0 Å². The second-order valence-corrected chi connectivity index (χ2v) is 5.96. The molecular weight excluding hydrogens is 284 g/mol. The van der Waals surface area contributed by atoms with E-state index in [1.807, 2.05) is 6.92 Å². The zero-order valence-electron chi connectivity index (χ0n) is 13.3. The number of aliphatic hydroxyl groups is 1. The number of carboxylic acids is 1. The molecule has 1 aromatic rings. The highest BCUT2D eigenvalue weighted by atomic mass is 16.5. The highest BCUT2D eigenvalue weighted by Gasteiger charge is 2.23. The Bertz CT molecular complexity index is 504. The summed E-state index contributed by atoms with van der Waals surface area (Å²) in [7, 11) is 0. The minimum absolute atomic E-state index is 0.203. The van der Waals surface area contributed by atoms with Crippen molar-refractivity contribution in [2.24, 2.45) is 5.92 Å². The molecular formula is C17H24O5. The van der Waals surface area contributed by atoms with Crippen LogP contribution >= 0.6 is 0 Å². The SMILES string of the molecule is CC(=O)OCC(C)CCCC(C)(O)c1ccc(C(=O)O)cc1. The summed E-state index contributed by atoms with van der Waals surface area (Å²) in [5, 5.41) is 19.4. The molecule has 0 radical (unpaired) electrons. The molecule has 1 aromatic carbocycles. The van der Waals surface area contributed by atoms with E-state index < -0.39 is 11.6 Å². The number of ether oxygens (including phenoxy) is 1. The average molecular weight is 308 g/mol. The van der Waals surface area contributed by atoms with Crippen molar-refractivity contribution in [3.05, 3.63) is 35.4 Å². The van der Waals surface area contributed by atoms with Gasteiger partial charge in [-0.3, -0.25) is 4.79 Å². The number of hydrogen-bond donors (Lipinski definition) is 2. The third kappa shape index (κ3) is 5.85. The maximum Gasteiger partial charge on any atom is 0.335 e. The van der Waals surface area contributed by atoms with Gasteiger partial charge in [0, 0.05) is 6.92 Å². The Kier molecular flexibility index (Phi) is 6.56. The predicted molar refractivity (Wildman–Crippen MR) is 82.6 cm³/mol. The number of esters is 1. The van der Waals surface area contributed by atoms with Gasteiger partial charge in [-0.2, -0.15) is 0 Å². The standard InChI is InChI=1S/C17H24O5/c1-12(11-22-13(2)18)5-4-10-17(3,21)15-8-6-14(7-9-15)16(19)20/h6-9,12,21H,4-5,10-11H2,1-3H3,(H,19,20). The normalized spacial score (nSPS) is 14.9. The lowest BCUT2D eigenvalue weighted by Crippen LogP contribution is -2.21. The maximum atomic E-state index is 10.8. The molecule has 2 N–H and O–H groups in total. The molecule has 0 amide bonds. The molecule has 0 aliphatic heterocycles. The number of benzene rings is 1. The summed E-state index contributed by atoms with van der Waals surface area (Å²) in [5.74, 6) is -1.02. The summed E-state index contributed by atoms with van der Waals surface area (Å²) in [4.78, 5) is 21.6. The third-order valence-corrected chi connectivity index (χ3v) is 3.69. The Balaban J connectivity index is 2.49. The zero-order valence-corrected chi connectivity index (χ0v) is 13.3. The molecule has 0 spiro atoms. The van der Waals surface area contributed by atoms with Crippen molar-refractivity contribution >= 4 is 11.9 Å². The molecule has 0 saturated carbocycles. The number of hydrogen-bond acceptors (Lipinski definition) is 4. The quantitative estimate of drug-likeness (QED) is 0.721. The molecule has 0 saturated heterocycles. The molecule has 2 atom stereocenters. The number of carboxylic acid groups (broad SMARTS) is 1. The monoisotopic (exact) mass is 308 g/mol. The van der Waals surface area contributed by atoms with E-state index in [1.54, 1.807) is 19.1 Å². The van der Waals surface area contributed by atoms with Crippen molar-refractivity contribution < 1.29 is 24.5 Å². The van der Waals surface area contributed by atoms with Crippen LogP contribution in [-0.4, -0.2) is 28.8 Å². The Morgan fingerprint density at radius 3 is 2.36 bits per heavy atom. The van der Waals surface area contributed by atoms with Gasteiger partial charge in [-0.25, -0.2) is 4.79 Å². The molecule has 22 heavy (non-hydrogen) atoms. The van der Waals surface area contributed by atoms with E-state index in [0.717, 1.165) is 12.8 Å². The first-order chi connectivity index (χ1) is 10.2. The fourth-order valence-electron chi connectivity index (χ4n) is 2.25. The molecule has 0 aliphatic rings. The van der Waals surface area contributed by atoms with Crippen LogP contribution in [0.3, 0.4) is 0 Å². The molecule has 122 valence electrons. The second kappa shape index (κ2) is 7.94. The van der Waals surface area contributed by atoms with Gasteiger partial charge in [-0.05, 0) is 49.8 Å². The van der Waals surface area contributed by atoms with Crippen molar-refractivity contribution in [1.82, 2.24) is 0 Å². The summed E-state index contributed by atoms with van der Waals surface area (Å²) in [6.07, 6.45) is 2.19.